The van der Waals surface area contributed by atoms with Crippen LogP contribution in [0, 0.1) is 0 Å². The average Bonchev–Trinajstić information content (AvgIpc) is 3.11. The lowest BCUT2D eigenvalue weighted by atomic mass is 9.93. The van der Waals surface area contributed by atoms with E-state index in [1.807, 2.05) is 48.5 Å². The minimum absolute atomic E-state index is 0.0469. The van der Waals surface area contributed by atoms with Gasteiger partial charge in [0.1, 0.15) is 6.10 Å². The highest BCUT2D eigenvalue weighted by molar-refractivity contribution is 7.99. The third-order valence-electron chi connectivity index (χ3n) is 4.69. The molecular weight excluding hydrogens is 372 g/mol. The SMILES string of the molecule is CC1(O)CC(=O)OC(CSc2nc(-c3ccccc3)c(-c3ccccc3)[nH]2)C1. The van der Waals surface area contributed by atoms with Gasteiger partial charge < -0.3 is 14.8 Å². The van der Waals surface area contributed by atoms with Gasteiger partial charge in [-0.1, -0.05) is 72.4 Å². The van der Waals surface area contributed by atoms with Crippen molar-refractivity contribution in [3.63, 3.8) is 0 Å². The maximum Gasteiger partial charge on any atom is 0.309 e. The smallest absolute Gasteiger partial charge is 0.309 e. The number of aromatic nitrogens is 2. The number of aromatic amines is 1. The lowest BCUT2D eigenvalue weighted by Gasteiger charge is -2.32. The van der Waals surface area contributed by atoms with E-state index >= 15 is 0 Å². The minimum Gasteiger partial charge on any atom is -0.461 e. The fraction of sp³-hybridized carbons (Fsp3) is 0.273. The molecule has 2 atom stereocenters. The van der Waals surface area contributed by atoms with Crippen molar-refractivity contribution in [1.82, 2.24) is 9.97 Å². The summed E-state index contributed by atoms with van der Waals surface area (Å²) in [4.78, 5) is 19.9. The van der Waals surface area contributed by atoms with E-state index in [9.17, 15) is 9.90 Å². The van der Waals surface area contributed by atoms with E-state index in [0.29, 0.717) is 12.2 Å². The summed E-state index contributed by atoms with van der Waals surface area (Å²) in [5, 5.41) is 11.0. The van der Waals surface area contributed by atoms with Crippen LogP contribution in [-0.4, -0.2) is 38.5 Å². The van der Waals surface area contributed by atoms with Gasteiger partial charge in [-0.15, -0.1) is 0 Å². The van der Waals surface area contributed by atoms with Crippen LogP contribution in [0.25, 0.3) is 22.5 Å². The third kappa shape index (κ3) is 4.29. The van der Waals surface area contributed by atoms with E-state index in [1.165, 1.54) is 11.8 Å². The largest absolute Gasteiger partial charge is 0.461 e. The summed E-state index contributed by atoms with van der Waals surface area (Å²) in [6, 6.07) is 20.1. The number of H-pyrrole nitrogens is 1. The van der Waals surface area contributed by atoms with E-state index < -0.39 is 5.60 Å². The highest BCUT2D eigenvalue weighted by Crippen LogP contribution is 2.34. The van der Waals surface area contributed by atoms with Gasteiger partial charge in [0.2, 0.25) is 0 Å². The number of imidazole rings is 1. The van der Waals surface area contributed by atoms with Gasteiger partial charge in [-0.3, -0.25) is 4.79 Å². The predicted molar refractivity (Wildman–Crippen MR) is 110 cm³/mol. The number of thioether (sulfide) groups is 1. The van der Waals surface area contributed by atoms with Crippen LogP contribution in [0.3, 0.4) is 0 Å². The Morgan fingerprint density at radius 3 is 2.43 bits per heavy atom. The van der Waals surface area contributed by atoms with Gasteiger partial charge in [0.25, 0.3) is 0 Å². The molecule has 0 saturated carbocycles. The Bertz CT molecular complexity index is 897. The fourth-order valence-electron chi connectivity index (χ4n) is 3.45. The lowest BCUT2D eigenvalue weighted by Crippen LogP contribution is -2.41. The van der Waals surface area contributed by atoms with E-state index in [4.69, 9.17) is 9.72 Å². The van der Waals surface area contributed by atoms with Crippen molar-refractivity contribution in [2.24, 2.45) is 0 Å². The molecule has 0 aliphatic carbocycles. The molecule has 28 heavy (non-hydrogen) atoms. The first-order chi connectivity index (χ1) is 13.5. The van der Waals surface area contributed by atoms with Gasteiger partial charge in [0, 0.05) is 23.3 Å². The zero-order valence-corrected chi connectivity index (χ0v) is 16.4. The van der Waals surface area contributed by atoms with Gasteiger partial charge in [0.05, 0.1) is 23.4 Å². The first kappa shape index (κ1) is 18.8. The van der Waals surface area contributed by atoms with Crippen molar-refractivity contribution in [3.8, 4) is 22.5 Å². The van der Waals surface area contributed by atoms with Crippen molar-refractivity contribution in [1.29, 1.82) is 0 Å². The summed E-state index contributed by atoms with van der Waals surface area (Å²) in [7, 11) is 0. The van der Waals surface area contributed by atoms with Crippen LogP contribution in [0.5, 0.6) is 0 Å². The second kappa shape index (κ2) is 7.81. The molecule has 6 heteroatoms. The topological polar surface area (TPSA) is 75.2 Å². The van der Waals surface area contributed by atoms with Crippen LogP contribution in [0.15, 0.2) is 65.8 Å². The monoisotopic (exact) mass is 394 g/mol. The molecule has 1 fully saturated rings. The first-order valence-electron chi connectivity index (χ1n) is 9.26. The molecule has 1 aromatic heterocycles. The number of hydrogen-bond donors (Lipinski definition) is 2. The Morgan fingerprint density at radius 2 is 1.79 bits per heavy atom. The Hall–Kier alpha value is -2.57. The van der Waals surface area contributed by atoms with Crippen molar-refractivity contribution in [3.05, 3.63) is 60.7 Å². The molecule has 0 radical (unpaired) electrons. The van der Waals surface area contributed by atoms with Gasteiger partial charge in [0.15, 0.2) is 5.16 Å². The summed E-state index contributed by atoms with van der Waals surface area (Å²) in [5.41, 5.74) is 2.95. The molecule has 144 valence electrons. The van der Waals surface area contributed by atoms with E-state index in [1.54, 1.807) is 6.92 Å². The van der Waals surface area contributed by atoms with Crippen LogP contribution >= 0.6 is 11.8 Å². The molecule has 2 aromatic carbocycles. The number of cyclic esters (lactones) is 1. The lowest BCUT2D eigenvalue weighted by molar-refractivity contribution is -0.165. The molecule has 2 unspecified atom stereocenters. The molecule has 1 aliphatic heterocycles. The maximum absolute atomic E-state index is 11.7. The third-order valence-corrected chi connectivity index (χ3v) is 5.69. The number of esters is 1. The van der Waals surface area contributed by atoms with Crippen LogP contribution in [0.1, 0.15) is 19.8 Å². The van der Waals surface area contributed by atoms with Gasteiger partial charge >= 0.3 is 5.97 Å². The molecule has 2 N–H and O–H groups in total. The normalized spacial score (nSPS) is 22.1. The molecule has 1 saturated heterocycles. The number of nitrogens with one attached hydrogen (secondary N) is 1. The van der Waals surface area contributed by atoms with Crippen LogP contribution in [0.2, 0.25) is 0 Å². The zero-order valence-electron chi connectivity index (χ0n) is 15.6. The first-order valence-corrected chi connectivity index (χ1v) is 10.2. The number of hydrogen-bond acceptors (Lipinski definition) is 5. The number of nitrogens with zero attached hydrogens (tertiary/aromatic N) is 1. The summed E-state index contributed by atoms with van der Waals surface area (Å²) < 4.78 is 5.39. The second-order valence-electron chi connectivity index (χ2n) is 7.30. The Kier molecular flexibility index (Phi) is 5.24. The molecule has 0 bridgehead atoms. The summed E-state index contributed by atoms with van der Waals surface area (Å²) >= 11 is 1.50. The summed E-state index contributed by atoms with van der Waals surface area (Å²) in [6.07, 6.45) is 0.154. The maximum atomic E-state index is 11.7. The number of carbonyl (C=O) groups is 1. The van der Waals surface area contributed by atoms with E-state index in [-0.39, 0.29) is 18.5 Å². The van der Waals surface area contributed by atoms with Crippen LogP contribution in [-0.2, 0) is 9.53 Å². The summed E-state index contributed by atoms with van der Waals surface area (Å²) in [6.45, 7) is 1.68. The molecule has 1 aliphatic rings. The Balaban J connectivity index is 1.58. The van der Waals surface area contributed by atoms with Crippen molar-refractivity contribution >= 4 is 17.7 Å². The minimum atomic E-state index is -1.01. The van der Waals surface area contributed by atoms with E-state index in [2.05, 4.69) is 17.1 Å². The number of rotatable bonds is 5. The molecule has 3 aromatic rings. The predicted octanol–water partition coefficient (Wildman–Crippen LogP) is 4.29. The Labute approximate surface area is 168 Å². The Morgan fingerprint density at radius 1 is 1.14 bits per heavy atom. The molecule has 5 nitrogen and oxygen atoms in total. The van der Waals surface area contributed by atoms with Crippen LogP contribution < -0.4 is 0 Å². The number of carbonyl (C=O) groups excluding carboxylic acids is 1. The standard InChI is InChI=1S/C22H22N2O3S/c1-22(26)12-17(27-18(25)13-22)14-28-21-23-19(15-8-4-2-5-9-15)20(24-21)16-10-6-3-7-11-16/h2-11,17,26H,12-14H2,1H3,(H,23,24). The van der Waals surface area contributed by atoms with Crippen LogP contribution in [0.4, 0.5) is 0 Å². The molecule has 0 spiro atoms. The average molecular weight is 394 g/mol. The van der Waals surface area contributed by atoms with Gasteiger partial charge in [-0.25, -0.2) is 4.98 Å². The van der Waals surface area contributed by atoms with Crippen molar-refractivity contribution in [2.75, 3.05) is 5.75 Å². The number of ether oxygens (including phenoxy) is 1. The highest BCUT2D eigenvalue weighted by atomic mass is 32.2. The van der Waals surface area contributed by atoms with E-state index in [0.717, 1.165) is 27.7 Å². The highest BCUT2D eigenvalue weighted by Gasteiger charge is 2.36. The van der Waals surface area contributed by atoms with Crippen molar-refractivity contribution < 1.29 is 14.6 Å². The fourth-order valence-corrected chi connectivity index (χ4v) is 4.31. The second-order valence-corrected chi connectivity index (χ2v) is 8.31. The summed E-state index contributed by atoms with van der Waals surface area (Å²) in [5.74, 6) is 0.189. The number of benzene rings is 2. The van der Waals surface area contributed by atoms with Gasteiger partial charge in [-0.05, 0) is 6.92 Å². The van der Waals surface area contributed by atoms with Gasteiger partial charge in [-0.2, -0.15) is 0 Å². The molecule has 0 amide bonds. The number of aliphatic hydroxyl groups is 1. The molecular formula is C22H22N2O3S. The zero-order chi connectivity index (χ0) is 19.6. The molecule has 4 rings (SSSR count). The molecule has 2 heterocycles. The van der Waals surface area contributed by atoms with Crippen molar-refractivity contribution in [2.45, 2.75) is 36.6 Å². The quantitative estimate of drug-likeness (QED) is 0.499.